The van der Waals surface area contributed by atoms with E-state index in [4.69, 9.17) is 17.3 Å². The lowest BCUT2D eigenvalue weighted by molar-refractivity contribution is 0.504. The number of rotatable bonds is 4. The minimum Gasteiger partial charge on any atom is -0.383 e. The summed E-state index contributed by atoms with van der Waals surface area (Å²) in [6.45, 7) is 2.52. The van der Waals surface area contributed by atoms with E-state index in [0.717, 1.165) is 12.1 Å². The number of hydrogen-bond acceptors (Lipinski definition) is 3. The molecule has 6 heteroatoms. The van der Waals surface area contributed by atoms with Crippen LogP contribution in [0.25, 0.3) is 0 Å². The largest absolute Gasteiger partial charge is 0.383 e. The first-order chi connectivity index (χ1) is 9.52. The SMILES string of the molecule is CCNC(c1ccc(F)c(F)c1)c1cc(Cl)cnc1N. The van der Waals surface area contributed by atoms with Crippen LogP contribution in [0, 0.1) is 11.6 Å². The molecule has 1 aromatic carbocycles. The molecule has 3 nitrogen and oxygen atoms in total. The summed E-state index contributed by atoms with van der Waals surface area (Å²) in [5.74, 6) is -1.50. The van der Waals surface area contributed by atoms with Gasteiger partial charge in [-0.3, -0.25) is 0 Å². The Morgan fingerprint density at radius 3 is 2.70 bits per heavy atom. The summed E-state index contributed by atoms with van der Waals surface area (Å²) >= 11 is 5.93. The molecule has 2 rings (SSSR count). The Balaban J connectivity index is 2.49. The standard InChI is InChI=1S/C14H14ClF2N3/c1-2-19-13(8-3-4-11(16)12(17)5-8)10-6-9(15)7-20-14(10)18/h3-7,13,19H,2H2,1H3,(H2,18,20). The van der Waals surface area contributed by atoms with Gasteiger partial charge in [0.15, 0.2) is 11.6 Å². The van der Waals surface area contributed by atoms with Gasteiger partial charge in [-0.1, -0.05) is 24.6 Å². The predicted molar refractivity (Wildman–Crippen MR) is 75.5 cm³/mol. The molecule has 0 aliphatic rings. The maximum absolute atomic E-state index is 13.4. The number of nitrogens with one attached hydrogen (secondary N) is 1. The van der Waals surface area contributed by atoms with Crippen LogP contribution in [0.4, 0.5) is 14.6 Å². The van der Waals surface area contributed by atoms with Gasteiger partial charge in [0.25, 0.3) is 0 Å². The molecule has 0 aliphatic carbocycles. The lowest BCUT2D eigenvalue weighted by atomic mass is 9.99. The third-order valence-corrected chi connectivity index (χ3v) is 3.12. The van der Waals surface area contributed by atoms with E-state index >= 15 is 0 Å². The number of anilines is 1. The molecule has 0 amide bonds. The molecule has 1 unspecified atom stereocenters. The average Bonchev–Trinajstić information content (AvgIpc) is 2.42. The number of nitrogen functional groups attached to an aromatic ring is 1. The maximum atomic E-state index is 13.4. The summed E-state index contributed by atoms with van der Waals surface area (Å²) in [6.07, 6.45) is 1.44. The lowest BCUT2D eigenvalue weighted by Gasteiger charge is -2.20. The van der Waals surface area contributed by atoms with Crippen molar-refractivity contribution in [3.8, 4) is 0 Å². The van der Waals surface area contributed by atoms with E-state index in [2.05, 4.69) is 10.3 Å². The molecule has 2 aromatic rings. The van der Waals surface area contributed by atoms with E-state index in [0.29, 0.717) is 28.5 Å². The van der Waals surface area contributed by atoms with Crippen LogP contribution in [0.2, 0.25) is 5.02 Å². The van der Waals surface area contributed by atoms with Crippen molar-refractivity contribution in [3.63, 3.8) is 0 Å². The predicted octanol–water partition coefficient (Wildman–Crippen LogP) is 3.29. The molecular formula is C14H14ClF2N3. The number of pyridine rings is 1. The summed E-state index contributed by atoms with van der Waals surface area (Å²) < 4.78 is 26.4. The number of nitrogens with two attached hydrogens (primary N) is 1. The Hall–Kier alpha value is -1.72. The molecule has 0 spiro atoms. The molecule has 0 saturated carbocycles. The number of benzene rings is 1. The Morgan fingerprint density at radius 1 is 1.30 bits per heavy atom. The Labute approximate surface area is 120 Å². The van der Waals surface area contributed by atoms with Crippen LogP contribution < -0.4 is 11.1 Å². The van der Waals surface area contributed by atoms with Gasteiger partial charge in [-0.05, 0) is 30.3 Å². The van der Waals surface area contributed by atoms with Gasteiger partial charge in [-0.2, -0.15) is 0 Å². The van der Waals surface area contributed by atoms with E-state index in [-0.39, 0.29) is 0 Å². The van der Waals surface area contributed by atoms with Crippen molar-refractivity contribution in [1.29, 1.82) is 0 Å². The van der Waals surface area contributed by atoms with Crippen molar-refractivity contribution in [2.75, 3.05) is 12.3 Å². The van der Waals surface area contributed by atoms with Crippen LogP contribution in [0.5, 0.6) is 0 Å². The number of hydrogen-bond donors (Lipinski definition) is 2. The highest BCUT2D eigenvalue weighted by Crippen LogP contribution is 2.28. The molecule has 1 atom stereocenters. The molecule has 106 valence electrons. The maximum Gasteiger partial charge on any atom is 0.159 e. The van der Waals surface area contributed by atoms with Crippen LogP contribution in [-0.2, 0) is 0 Å². The summed E-state index contributed by atoms with van der Waals surface area (Å²) in [5.41, 5.74) is 7.04. The third kappa shape index (κ3) is 3.05. The molecular weight excluding hydrogens is 284 g/mol. The number of aromatic nitrogens is 1. The Bertz CT molecular complexity index is 619. The second kappa shape index (κ2) is 6.15. The summed E-state index contributed by atoms with van der Waals surface area (Å²) in [5, 5.41) is 3.59. The first-order valence-corrected chi connectivity index (χ1v) is 6.50. The zero-order valence-electron chi connectivity index (χ0n) is 10.8. The van der Waals surface area contributed by atoms with Gasteiger partial charge in [0.05, 0.1) is 11.1 Å². The molecule has 0 radical (unpaired) electrons. The molecule has 0 aliphatic heterocycles. The zero-order chi connectivity index (χ0) is 14.7. The van der Waals surface area contributed by atoms with Gasteiger partial charge < -0.3 is 11.1 Å². The van der Waals surface area contributed by atoms with E-state index < -0.39 is 17.7 Å². The second-order valence-electron chi connectivity index (χ2n) is 4.29. The highest BCUT2D eigenvalue weighted by Gasteiger charge is 2.18. The van der Waals surface area contributed by atoms with Crippen LogP contribution in [-0.4, -0.2) is 11.5 Å². The quantitative estimate of drug-likeness (QED) is 0.910. The normalized spacial score (nSPS) is 12.4. The van der Waals surface area contributed by atoms with Gasteiger partial charge in [-0.25, -0.2) is 13.8 Å². The molecule has 20 heavy (non-hydrogen) atoms. The van der Waals surface area contributed by atoms with Crippen molar-refractivity contribution in [3.05, 3.63) is 58.2 Å². The van der Waals surface area contributed by atoms with Crippen LogP contribution in [0.1, 0.15) is 24.1 Å². The minimum atomic E-state index is -0.904. The highest BCUT2D eigenvalue weighted by molar-refractivity contribution is 6.30. The molecule has 0 saturated heterocycles. The molecule has 0 bridgehead atoms. The zero-order valence-corrected chi connectivity index (χ0v) is 11.6. The van der Waals surface area contributed by atoms with Crippen molar-refractivity contribution in [2.24, 2.45) is 0 Å². The number of halogens is 3. The summed E-state index contributed by atoms with van der Waals surface area (Å²) in [6, 6.07) is 5.00. The van der Waals surface area contributed by atoms with Gasteiger partial charge in [0.1, 0.15) is 5.82 Å². The van der Waals surface area contributed by atoms with Crippen LogP contribution in [0.15, 0.2) is 30.5 Å². The van der Waals surface area contributed by atoms with Gasteiger partial charge >= 0.3 is 0 Å². The fourth-order valence-electron chi connectivity index (χ4n) is 2.00. The molecule has 1 aromatic heterocycles. The van der Waals surface area contributed by atoms with E-state index in [1.165, 1.54) is 12.3 Å². The van der Waals surface area contributed by atoms with Gasteiger partial charge in [0, 0.05) is 11.8 Å². The van der Waals surface area contributed by atoms with Crippen LogP contribution in [0.3, 0.4) is 0 Å². The first kappa shape index (κ1) is 14.7. The van der Waals surface area contributed by atoms with E-state index in [1.807, 2.05) is 6.92 Å². The molecule has 3 N–H and O–H groups in total. The highest BCUT2D eigenvalue weighted by atomic mass is 35.5. The van der Waals surface area contributed by atoms with Crippen LogP contribution >= 0.6 is 11.6 Å². The topological polar surface area (TPSA) is 50.9 Å². The number of nitrogens with zero attached hydrogens (tertiary/aromatic N) is 1. The fourth-order valence-corrected chi connectivity index (χ4v) is 2.17. The fraction of sp³-hybridized carbons (Fsp3) is 0.214. The average molecular weight is 298 g/mol. The summed E-state index contributed by atoms with van der Waals surface area (Å²) in [7, 11) is 0. The smallest absolute Gasteiger partial charge is 0.159 e. The third-order valence-electron chi connectivity index (χ3n) is 2.91. The van der Waals surface area contributed by atoms with Crippen molar-refractivity contribution in [2.45, 2.75) is 13.0 Å². The van der Waals surface area contributed by atoms with Gasteiger partial charge in [-0.15, -0.1) is 0 Å². The van der Waals surface area contributed by atoms with Crippen molar-refractivity contribution >= 4 is 17.4 Å². The lowest BCUT2D eigenvalue weighted by Crippen LogP contribution is -2.23. The van der Waals surface area contributed by atoms with Gasteiger partial charge in [0.2, 0.25) is 0 Å². The summed E-state index contributed by atoms with van der Waals surface area (Å²) in [4.78, 5) is 3.99. The molecule has 0 fully saturated rings. The Kier molecular flexibility index (Phi) is 4.52. The monoisotopic (exact) mass is 297 g/mol. The van der Waals surface area contributed by atoms with Crippen molar-refractivity contribution in [1.82, 2.24) is 10.3 Å². The van der Waals surface area contributed by atoms with E-state index in [9.17, 15) is 8.78 Å². The molecule has 1 heterocycles. The van der Waals surface area contributed by atoms with E-state index in [1.54, 1.807) is 6.07 Å². The Morgan fingerprint density at radius 2 is 2.05 bits per heavy atom. The minimum absolute atomic E-state index is 0.296. The second-order valence-corrected chi connectivity index (χ2v) is 4.73. The first-order valence-electron chi connectivity index (χ1n) is 6.12. The van der Waals surface area contributed by atoms with Crippen molar-refractivity contribution < 1.29 is 8.78 Å².